The molecular weight excluding hydrogens is 408 g/mol. The van der Waals surface area contributed by atoms with Gasteiger partial charge < -0.3 is 14.4 Å². The number of piperidine rings is 1. The number of thioether (sulfide) groups is 1. The SMILES string of the molecule is O=C(CN1CC[C@]2(CCCO2)[C@H](OCc2ccccc2)C1)N1CCSc2ccccc21. The molecule has 2 fully saturated rings. The number of likely N-dealkylation sites (tertiary alicyclic amines) is 1. The fourth-order valence-electron chi connectivity index (χ4n) is 5.00. The number of hydrogen-bond donors (Lipinski definition) is 0. The molecular formula is C25H30N2O3S. The Morgan fingerprint density at radius 2 is 1.94 bits per heavy atom. The van der Waals surface area contributed by atoms with Gasteiger partial charge in [-0.2, -0.15) is 0 Å². The van der Waals surface area contributed by atoms with E-state index in [1.54, 1.807) is 0 Å². The second-order valence-electron chi connectivity index (χ2n) is 8.65. The lowest BCUT2D eigenvalue weighted by molar-refractivity contribution is -0.160. The molecule has 0 aliphatic carbocycles. The number of nitrogens with zero attached hydrogens (tertiary/aromatic N) is 2. The van der Waals surface area contributed by atoms with Crippen molar-refractivity contribution in [1.82, 2.24) is 4.90 Å². The molecule has 1 spiro atoms. The largest absolute Gasteiger partial charge is 0.372 e. The van der Waals surface area contributed by atoms with Gasteiger partial charge in [0.1, 0.15) is 0 Å². The predicted molar refractivity (Wildman–Crippen MR) is 124 cm³/mol. The van der Waals surface area contributed by atoms with Crippen molar-refractivity contribution in [2.24, 2.45) is 0 Å². The molecule has 0 aromatic heterocycles. The van der Waals surface area contributed by atoms with Crippen LogP contribution in [0.4, 0.5) is 5.69 Å². The first-order valence-corrected chi connectivity index (χ1v) is 12.3. The summed E-state index contributed by atoms with van der Waals surface area (Å²) in [4.78, 5) is 18.6. The predicted octanol–water partition coefficient (Wildman–Crippen LogP) is 3.97. The van der Waals surface area contributed by atoms with E-state index in [1.807, 2.05) is 47.0 Å². The molecule has 31 heavy (non-hydrogen) atoms. The third kappa shape index (κ3) is 4.53. The Hall–Kier alpha value is -1.86. The van der Waals surface area contributed by atoms with Crippen molar-refractivity contribution in [3.63, 3.8) is 0 Å². The molecule has 0 unspecified atom stereocenters. The van der Waals surface area contributed by atoms with Gasteiger partial charge >= 0.3 is 0 Å². The highest BCUT2D eigenvalue weighted by Gasteiger charge is 2.47. The molecule has 6 heteroatoms. The van der Waals surface area contributed by atoms with Crippen LogP contribution in [0, 0.1) is 0 Å². The Morgan fingerprint density at radius 1 is 1.10 bits per heavy atom. The zero-order valence-electron chi connectivity index (χ0n) is 17.9. The number of benzene rings is 2. The molecule has 5 nitrogen and oxygen atoms in total. The molecule has 3 aliphatic heterocycles. The van der Waals surface area contributed by atoms with Gasteiger partial charge in [0.15, 0.2) is 0 Å². The molecule has 2 atom stereocenters. The van der Waals surface area contributed by atoms with Gasteiger partial charge in [-0.1, -0.05) is 42.5 Å². The summed E-state index contributed by atoms with van der Waals surface area (Å²) >= 11 is 1.83. The Morgan fingerprint density at radius 3 is 2.77 bits per heavy atom. The Labute approximate surface area is 188 Å². The van der Waals surface area contributed by atoms with E-state index < -0.39 is 0 Å². The first-order valence-electron chi connectivity index (χ1n) is 11.3. The number of carbonyl (C=O) groups is 1. The molecule has 0 N–H and O–H groups in total. The van der Waals surface area contributed by atoms with Crippen LogP contribution in [0.2, 0.25) is 0 Å². The fraction of sp³-hybridized carbons (Fsp3) is 0.480. The number of anilines is 1. The normalized spacial score (nSPS) is 26.2. The maximum atomic E-state index is 13.2. The summed E-state index contributed by atoms with van der Waals surface area (Å²) in [7, 11) is 0. The minimum Gasteiger partial charge on any atom is -0.372 e. The molecule has 0 radical (unpaired) electrons. The molecule has 164 valence electrons. The zero-order valence-corrected chi connectivity index (χ0v) is 18.7. The number of carbonyl (C=O) groups excluding carboxylic acids is 1. The third-order valence-corrected chi connectivity index (χ3v) is 7.72. The van der Waals surface area contributed by atoms with E-state index in [2.05, 4.69) is 29.2 Å². The highest BCUT2D eigenvalue weighted by atomic mass is 32.2. The van der Waals surface area contributed by atoms with Gasteiger partial charge in [-0.15, -0.1) is 11.8 Å². The van der Waals surface area contributed by atoms with Crippen LogP contribution in [0.5, 0.6) is 0 Å². The van der Waals surface area contributed by atoms with Gasteiger partial charge in [-0.3, -0.25) is 9.69 Å². The average Bonchev–Trinajstić information content (AvgIpc) is 3.29. The maximum Gasteiger partial charge on any atom is 0.241 e. The van der Waals surface area contributed by atoms with E-state index in [-0.39, 0.29) is 17.6 Å². The lowest BCUT2D eigenvalue weighted by atomic mass is 9.85. The van der Waals surface area contributed by atoms with Crippen LogP contribution in [-0.2, 0) is 20.9 Å². The minimum absolute atomic E-state index is 0.0130. The van der Waals surface area contributed by atoms with E-state index in [0.717, 1.165) is 56.9 Å². The average molecular weight is 439 g/mol. The van der Waals surface area contributed by atoms with Crippen molar-refractivity contribution in [1.29, 1.82) is 0 Å². The van der Waals surface area contributed by atoms with Crippen LogP contribution in [0.3, 0.4) is 0 Å². The first-order chi connectivity index (χ1) is 15.2. The fourth-order valence-corrected chi connectivity index (χ4v) is 5.99. The first kappa shape index (κ1) is 21.0. The number of rotatable bonds is 5. The van der Waals surface area contributed by atoms with Gasteiger partial charge in [-0.25, -0.2) is 0 Å². The van der Waals surface area contributed by atoms with Crippen molar-refractivity contribution in [3.05, 3.63) is 60.2 Å². The summed E-state index contributed by atoms with van der Waals surface area (Å²) in [6, 6.07) is 18.5. The maximum absolute atomic E-state index is 13.2. The van der Waals surface area contributed by atoms with Crippen molar-refractivity contribution < 1.29 is 14.3 Å². The Balaban J connectivity index is 1.26. The monoisotopic (exact) mass is 438 g/mol. The molecule has 2 aromatic rings. The second kappa shape index (κ2) is 9.33. The third-order valence-electron chi connectivity index (χ3n) is 6.68. The zero-order chi connectivity index (χ0) is 21.1. The number of ether oxygens (including phenoxy) is 2. The molecule has 5 rings (SSSR count). The minimum atomic E-state index is -0.192. The second-order valence-corrected chi connectivity index (χ2v) is 9.79. The Bertz CT molecular complexity index is 901. The molecule has 0 saturated carbocycles. The van der Waals surface area contributed by atoms with Crippen molar-refractivity contribution >= 4 is 23.4 Å². The number of hydrogen-bond acceptors (Lipinski definition) is 5. The summed E-state index contributed by atoms with van der Waals surface area (Å²) in [6.45, 7) is 4.21. The van der Waals surface area contributed by atoms with Crippen molar-refractivity contribution in [2.45, 2.75) is 42.5 Å². The number of fused-ring (bicyclic) bond motifs is 1. The van der Waals surface area contributed by atoms with Gasteiger partial charge in [0.05, 0.1) is 30.5 Å². The number of para-hydroxylation sites is 1. The van der Waals surface area contributed by atoms with Crippen LogP contribution in [0.15, 0.2) is 59.5 Å². The van der Waals surface area contributed by atoms with E-state index in [9.17, 15) is 4.79 Å². The molecule has 0 bridgehead atoms. The summed E-state index contributed by atoms with van der Waals surface area (Å²) in [6.07, 6.45) is 3.05. The van der Waals surface area contributed by atoms with Crippen molar-refractivity contribution in [3.8, 4) is 0 Å². The topological polar surface area (TPSA) is 42.0 Å². The van der Waals surface area contributed by atoms with Crippen LogP contribution in [-0.4, -0.2) is 61.1 Å². The van der Waals surface area contributed by atoms with Crippen LogP contribution >= 0.6 is 11.8 Å². The standard InChI is InChI=1S/C25H30N2O3S/c28-24(27-14-16-31-22-10-5-4-9-21(22)27)18-26-13-12-25(11-6-15-30-25)23(17-26)29-19-20-7-2-1-3-8-20/h1-5,7-10,23H,6,11-19H2/t23-,25-/m1/s1. The van der Waals surface area contributed by atoms with Crippen LogP contribution < -0.4 is 4.90 Å². The van der Waals surface area contributed by atoms with Crippen LogP contribution in [0.25, 0.3) is 0 Å². The molecule has 3 heterocycles. The van der Waals surface area contributed by atoms with E-state index in [0.29, 0.717) is 13.2 Å². The van der Waals surface area contributed by atoms with E-state index in [1.165, 1.54) is 10.5 Å². The molecule has 1 amide bonds. The quantitative estimate of drug-likeness (QED) is 0.707. The number of amides is 1. The summed E-state index contributed by atoms with van der Waals surface area (Å²) in [5.41, 5.74) is 2.03. The van der Waals surface area contributed by atoms with Crippen molar-refractivity contribution in [2.75, 3.05) is 43.4 Å². The lowest BCUT2D eigenvalue weighted by Crippen LogP contribution is -2.58. The highest BCUT2D eigenvalue weighted by molar-refractivity contribution is 7.99. The van der Waals surface area contributed by atoms with E-state index >= 15 is 0 Å². The smallest absolute Gasteiger partial charge is 0.241 e. The lowest BCUT2D eigenvalue weighted by Gasteiger charge is -2.45. The van der Waals surface area contributed by atoms with E-state index in [4.69, 9.17) is 9.47 Å². The summed E-state index contributed by atoms with van der Waals surface area (Å²) in [5, 5.41) is 0. The summed E-state index contributed by atoms with van der Waals surface area (Å²) in [5.74, 6) is 1.13. The highest BCUT2D eigenvalue weighted by Crippen LogP contribution is 2.38. The Kier molecular flexibility index (Phi) is 6.32. The van der Waals surface area contributed by atoms with Crippen LogP contribution in [0.1, 0.15) is 24.8 Å². The summed E-state index contributed by atoms with van der Waals surface area (Å²) < 4.78 is 12.7. The molecule has 3 aliphatic rings. The molecule has 2 aromatic carbocycles. The van der Waals surface area contributed by atoms with Gasteiger partial charge in [0.2, 0.25) is 5.91 Å². The molecule has 2 saturated heterocycles. The van der Waals surface area contributed by atoms with Gasteiger partial charge in [0.25, 0.3) is 0 Å². The van der Waals surface area contributed by atoms with Gasteiger partial charge in [0, 0.05) is 36.9 Å². The van der Waals surface area contributed by atoms with Gasteiger partial charge in [-0.05, 0) is 37.0 Å².